The molecule has 0 N–H and O–H groups in total. The molecule has 0 aliphatic rings. The molecule has 57 heavy (non-hydrogen) atoms. The van der Waals surface area contributed by atoms with Gasteiger partial charge < -0.3 is 4.90 Å². The van der Waals surface area contributed by atoms with E-state index in [0.29, 0.717) is 0 Å². The lowest BCUT2D eigenvalue weighted by Gasteiger charge is -2.26. The van der Waals surface area contributed by atoms with Gasteiger partial charge in [0.05, 0.1) is 0 Å². The minimum atomic E-state index is 1.11. The summed E-state index contributed by atoms with van der Waals surface area (Å²) >= 11 is 3.74. The maximum absolute atomic E-state index is 2.38. The zero-order valence-electron chi connectivity index (χ0n) is 31.0. The van der Waals surface area contributed by atoms with E-state index in [1.807, 2.05) is 22.7 Å². The second-order valence-electron chi connectivity index (χ2n) is 14.5. The Morgan fingerprint density at radius 1 is 0.228 bits per heavy atom. The van der Waals surface area contributed by atoms with Crippen molar-refractivity contribution in [1.29, 1.82) is 0 Å². The van der Waals surface area contributed by atoms with Crippen molar-refractivity contribution in [2.75, 3.05) is 4.90 Å². The van der Waals surface area contributed by atoms with Gasteiger partial charge in [-0.25, -0.2) is 0 Å². The normalized spacial score (nSPS) is 11.5. The fourth-order valence-corrected chi connectivity index (χ4v) is 10.5. The fourth-order valence-electron chi connectivity index (χ4n) is 8.20. The second kappa shape index (κ2) is 14.1. The molecule has 11 rings (SSSR count). The van der Waals surface area contributed by atoms with Crippen molar-refractivity contribution in [2.45, 2.75) is 0 Å². The van der Waals surface area contributed by atoms with Gasteiger partial charge in [0.15, 0.2) is 0 Å². The summed E-state index contributed by atoms with van der Waals surface area (Å²) in [6.07, 6.45) is 0. The van der Waals surface area contributed by atoms with Crippen molar-refractivity contribution in [1.82, 2.24) is 0 Å². The molecule has 0 aliphatic heterocycles. The number of hydrogen-bond donors (Lipinski definition) is 0. The molecule has 0 radical (unpaired) electrons. The van der Waals surface area contributed by atoms with E-state index in [2.05, 4.69) is 217 Å². The maximum atomic E-state index is 2.38. The first kappa shape index (κ1) is 33.5. The summed E-state index contributed by atoms with van der Waals surface area (Å²) in [4.78, 5) is 2.33. The molecule has 11 aromatic rings. The number of fused-ring (bicyclic) bond motifs is 6. The number of para-hydroxylation sites is 1. The molecule has 268 valence electrons. The second-order valence-corrected chi connectivity index (χ2v) is 16.7. The van der Waals surface area contributed by atoms with Crippen LogP contribution in [0, 0.1) is 0 Å². The molecule has 9 aromatic carbocycles. The summed E-state index contributed by atoms with van der Waals surface area (Å²) < 4.78 is 5.28. The van der Waals surface area contributed by atoms with Crippen LogP contribution < -0.4 is 4.90 Å². The highest BCUT2D eigenvalue weighted by atomic mass is 32.1. The molecular formula is C54H35NS2. The van der Waals surface area contributed by atoms with E-state index in [1.54, 1.807) is 0 Å². The van der Waals surface area contributed by atoms with Crippen molar-refractivity contribution in [3.63, 3.8) is 0 Å². The van der Waals surface area contributed by atoms with Gasteiger partial charge in [0, 0.05) is 57.4 Å². The zero-order chi connectivity index (χ0) is 37.7. The van der Waals surface area contributed by atoms with Crippen molar-refractivity contribution in [3.8, 4) is 44.5 Å². The van der Waals surface area contributed by atoms with Crippen LogP contribution in [0.2, 0.25) is 0 Å². The highest BCUT2D eigenvalue weighted by molar-refractivity contribution is 7.26. The van der Waals surface area contributed by atoms with Crippen LogP contribution in [-0.4, -0.2) is 0 Å². The molecule has 0 spiro atoms. The Morgan fingerprint density at radius 2 is 0.579 bits per heavy atom. The van der Waals surface area contributed by atoms with Crippen molar-refractivity contribution in [3.05, 3.63) is 212 Å². The molecule has 0 saturated heterocycles. The SMILES string of the molecule is c1ccc(-c2ccc(N(c3ccccc3)c3ccc(-c4cc(-c5ccc6c(c5)sc5ccccc56)cc(-c5ccc6c(c5)sc5ccccc56)c4)cc3)cc2)cc1. The average molecular weight is 762 g/mol. The van der Waals surface area contributed by atoms with Gasteiger partial charge in [0.25, 0.3) is 0 Å². The Balaban J connectivity index is 1.02. The van der Waals surface area contributed by atoms with Crippen LogP contribution in [-0.2, 0) is 0 Å². The number of anilines is 3. The van der Waals surface area contributed by atoms with E-state index >= 15 is 0 Å². The van der Waals surface area contributed by atoms with E-state index in [4.69, 9.17) is 0 Å². The van der Waals surface area contributed by atoms with Crippen molar-refractivity contribution < 1.29 is 0 Å². The molecule has 3 heteroatoms. The smallest absolute Gasteiger partial charge is 0.0462 e. The zero-order valence-corrected chi connectivity index (χ0v) is 32.6. The van der Waals surface area contributed by atoms with E-state index < -0.39 is 0 Å². The topological polar surface area (TPSA) is 3.24 Å². The molecule has 0 unspecified atom stereocenters. The third-order valence-corrected chi connectivity index (χ3v) is 13.3. The van der Waals surface area contributed by atoms with Gasteiger partial charge in [-0.15, -0.1) is 22.7 Å². The molecule has 2 heterocycles. The summed E-state index contributed by atoms with van der Waals surface area (Å²) in [5, 5.41) is 5.29. The van der Waals surface area contributed by atoms with Gasteiger partial charge in [-0.3, -0.25) is 0 Å². The van der Waals surface area contributed by atoms with E-state index in [-0.39, 0.29) is 0 Å². The molecule has 2 aromatic heterocycles. The van der Waals surface area contributed by atoms with Crippen LogP contribution in [0.1, 0.15) is 0 Å². The number of rotatable bonds is 7. The minimum Gasteiger partial charge on any atom is -0.311 e. The van der Waals surface area contributed by atoms with Gasteiger partial charge in [-0.2, -0.15) is 0 Å². The van der Waals surface area contributed by atoms with Gasteiger partial charge in [0.1, 0.15) is 0 Å². The monoisotopic (exact) mass is 761 g/mol. The lowest BCUT2D eigenvalue weighted by atomic mass is 9.92. The summed E-state index contributed by atoms with van der Waals surface area (Å²) in [5.74, 6) is 0. The summed E-state index contributed by atoms with van der Waals surface area (Å²) in [5.41, 5.74) is 13.0. The number of benzene rings is 9. The largest absolute Gasteiger partial charge is 0.311 e. The van der Waals surface area contributed by atoms with Gasteiger partial charge in [0.2, 0.25) is 0 Å². The number of hydrogen-bond acceptors (Lipinski definition) is 3. The van der Waals surface area contributed by atoms with Gasteiger partial charge >= 0.3 is 0 Å². The lowest BCUT2D eigenvalue weighted by molar-refractivity contribution is 1.28. The lowest BCUT2D eigenvalue weighted by Crippen LogP contribution is -2.09. The molecule has 0 fully saturated rings. The molecule has 1 nitrogen and oxygen atoms in total. The van der Waals surface area contributed by atoms with Crippen LogP contribution in [0.25, 0.3) is 84.9 Å². The number of thiophene rings is 2. The molecule has 0 saturated carbocycles. The standard InChI is InChI=1S/C54H35NS2/c1-3-11-36(12-4-1)37-19-25-45(26-20-37)55(44-13-5-2-6-14-44)46-27-21-38(22-28-46)41-31-42(39-23-29-49-47-15-7-9-17-51(47)56-53(49)34-39)33-43(32-41)40-24-30-50-48-16-8-10-18-52(48)57-54(50)35-40/h1-35H. The van der Waals surface area contributed by atoms with Crippen LogP contribution in [0.4, 0.5) is 17.1 Å². The molecule has 0 atom stereocenters. The third-order valence-electron chi connectivity index (χ3n) is 11.1. The Bertz CT molecular complexity index is 3080. The molecular weight excluding hydrogens is 727 g/mol. The van der Waals surface area contributed by atoms with E-state index in [9.17, 15) is 0 Å². The van der Waals surface area contributed by atoms with E-state index in [0.717, 1.165) is 17.1 Å². The van der Waals surface area contributed by atoms with Crippen LogP contribution in [0.15, 0.2) is 212 Å². The quantitative estimate of drug-likeness (QED) is 0.156. The predicted octanol–water partition coefficient (Wildman–Crippen LogP) is 16.6. The van der Waals surface area contributed by atoms with Crippen LogP contribution in [0.3, 0.4) is 0 Å². The fraction of sp³-hybridized carbons (Fsp3) is 0. The van der Waals surface area contributed by atoms with Crippen LogP contribution in [0.5, 0.6) is 0 Å². The van der Waals surface area contributed by atoms with Gasteiger partial charge in [-0.05, 0) is 123 Å². The maximum Gasteiger partial charge on any atom is 0.0462 e. The Kier molecular flexibility index (Phi) is 8.28. The van der Waals surface area contributed by atoms with Crippen molar-refractivity contribution in [2.24, 2.45) is 0 Å². The Labute approximate surface area is 340 Å². The first-order valence-corrected chi connectivity index (χ1v) is 20.9. The molecule has 0 aliphatic carbocycles. The average Bonchev–Trinajstić information content (AvgIpc) is 3.85. The molecule has 0 amide bonds. The Hall–Kier alpha value is -6.78. The molecule has 0 bridgehead atoms. The first-order chi connectivity index (χ1) is 28.2. The Morgan fingerprint density at radius 3 is 1.09 bits per heavy atom. The van der Waals surface area contributed by atoms with Crippen LogP contribution >= 0.6 is 22.7 Å². The summed E-state index contributed by atoms with van der Waals surface area (Å²) in [6.45, 7) is 0. The predicted molar refractivity (Wildman–Crippen MR) is 249 cm³/mol. The number of nitrogens with zero attached hydrogens (tertiary/aromatic N) is 1. The highest BCUT2D eigenvalue weighted by Crippen LogP contribution is 2.42. The summed E-state index contributed by atoms with van der Waals surface area (Å²) in [6, 6.07) is 77.7. The third kappa shape index (κ3) is 6.18. The van der Waals surface area contributed by atoms with Gasteiger partial charge in [-0.1, -0.05) is 133 Å². The highest BCUT2D eigenvalue weighted by Gasteiger charge is 2.15. The minimum absolute atomic E-state index is 1.11. The summed E-state index contributed by atoms with van der Waals surface area (Å²) in [7, 11) is 0. The first-order valence-electron chi connectivity index (χ1n) is 19.3. The van der Waals surface area contributed by atoms with E-state index in [1.165, 1.54) is 84.9 Å². The van der Waals surface area contributed by atoms with Crippen molar-refractivity contribution >= 4 is 80.1 Å².